The van der Waals surface area contributed by atoms with E-state index in [1.165, 1.54) is 29.3 Å². The van der Waals surface area contributed by atoms with Gasteiger partial charge < -0.3 is 14.1 Å². The number of hydrogen-bond donors (Lipinski definition) is 0. The largest absolute Gasteiger partial charge is 0.467 e. The fourth-order valence-corrected chi connectivity index (χ4v) is 5.35. The minimum Gasteiger partial charge on any atom is -0.467 e. The molecule has 0 aliphatic carbocycles. The van der Waals surface area contributed by atoms with Gasteiger partial charge in [0.1, 0.15) is 16.2 Å². The van der Waals surface area contributed by atoms with Gasteiger partial charge in [0.2, 0.25) is 10.0 Å². The van der Waals surface area contributed by atoms with Crippen LogP contribution in [0.1, 0.15) is 48.6 Å². The van der Waals surface area contributed by atoms with Crippen LogP contribution < -0.4 is 0 Å². The first-order valence-electron chi connectivity index (χ1n) is 10.1. The van der Waals surface area contributed by atoms with Gasteiger partial charge in [0, 0.05) is 25.7 Å². The maximum Gasteiger partial charge on any atom is 0.331 e. The van der Waals surface area contributed by atoms with Crippen molar-refractivity contribution in [3.63, 3.8) is 0 Å². The fraction of sp³-hybridized carbons (Fsp3) is 0.455. The molecule has 2 heterocycles. The molecule has 0 radical (unpaired) electrons. The van der Waals surface area contributed by atoms with Gasteiger partial charge in [-0.2, -0.15) is 4.31 Å². The number of aryl methyl sites for hydroxylation is 1. The van der Waals surface area contributed by atoms with E-state index in [4.69, 9.17) is 9.15 Å². The third-order valence-corrected chi connectivity index (χ3v) is 7.56. The van der Waals surface area contributed by atoms with Crippen LogP contribution >= 0.6 is 0 Å². The smallest absolute Gasteiger partial charge is 0.331 e. The van der Waals surface area contributed by atoms with Crippen LogP contribution in [-0.2, 0) is 26.1 Å². The lowest BCUT2D eigenvalue weighted by Crippen LogP contribution is -2.53. The molecule has 0 spiro atoms. The third-order valence-electron chi connectivity index (χ3n) is 5.55. The molecule has 0 unspecified atom stereocenters. The van der Waals surface area contributed by atoms with Crippen molar-refractivity contribution in [2.75, 3.05) is 20.2 Å². The van der Waals surface area contributed by atoms with Crippen molar-refractivity contribution in [3.05, 3.63) is 53.5 Å². The summed E-state index contributed by atoms with van der Waals surface area (Å²) < 4.78 is 37.8. The number of benzene rings is 1. The van der Waals surface area contributed by atoms with E-state index in [2.05, 4.69) is 0 Å². The monoisotopic (exact) mass is 448 g/mol. The van der Waals surface area contributed by atoms with Gasteiger partial charge in [0.15, 0.2) is 5.76 Å². The first-order valence-corrected chi connectivity index (χ1v) is 11.6. The van der Waals surface area contributed by atoms with Crippen LogP contribution in [0.3, 0.4) is 0 Å². The second kappa shape index (κ2) is 8.84. The van der Waals surface area contributed by atoms with Gasteiger partial charge in [-0.3, -0.25) is 4.79 Å². The highest BCUT2D eigenvalue weighted by Gasteiger charge is 2.41. The van der Waals surface area contributed by atoms with Gasteiger partial charge in [0.25, 0.3) is 5.91 Å². The molecular weight excluding hydrogens is 420 g/mol. The molecule has 3 rings (SSSR count). The maximum atomic E-state index is 13.4. The Bertz CT molecular complexity index is 1050. The van der Waals surface area contributed by atoms with Crippen molar-refractivity contribution < 1.29 is 27.2 Å². The highest BCUT2D eigenvalue weighted by atomic mass is 32.2. The molecular formula is C22H28N2O6S. The lowest BCUT2D eigenvalue weighted by molar-refractivity contribution is -0.151. The Kier molecular flexibility index (Phi) is 6.56. The summed E-state index contributed by atoms with van der Waals surface area (Å²) in [6.07, 6.45) is 1.61. The number of carbonyl (C=O) groups excluding carboxylic acids is 2. The molecule has 0 atom stereocenters. The number of nitrogens with zero attached hydrogens (tertiary/aromatic N) is 2. The summed E-state index contributed by atoms with van der Waals surface area (Å²) in [6, 6.07) is 10.5. The van der Waals surface area contributed by atoms with Gasteiger partial charge in [-0.05, 0) is 39.2 Å². The van der Waals surface area contributed by atoms with Crippen molar-refractivity contribution in [2.45, 2.75) is 50.6 Å². The summed E-state index contributed by atoms with van der Waals surface area (Å²) in [7, 11) is -2.49. The number of sulfonamides is 1. The molecule has 0 bridgehead atoms. The first-order chi connectivity index (χ1) is 14.6. The molecule has 1 aromatic heterocycles. The second-order valence-electron chi connectivity index (χ2n) is 8.07. The normalized spacial score (nSPS) is 15.1. The van der Waals surface area contributed by atoms with Gasteiger partial charge in [0.05, 0.1) is 7.11 Å². The number of rotatable bonds is 7. The number of esters is 1. The molecule has 1 fully saturated rings. The Balaban J connectivity index is 1.99. The second-order valence-corrected chi connectivity index (χ2v) is 9.98. The third kappa shape index (κ3) is 4.52. The number of carbonyl (C=O) groups is 2. The number of furan rings is 1. The van der Waals surface area contributed by atoms with Crippen LogP contribution in [-0.4, -0.2) is 55.2 Å². The first kappa shape index (κ1) is 23.0. The fourth-order valence-electron chi connectivity index (χ4n) is 3.68. The van der Waals surface area contributed by atoms with Crippen molar-refractivity contribution in [1.29, 1.82) is 0 Å². The van der Waals surface area contributed by atoms with E-state index in [9.17, 15) is 18.0 Å². The predicted octanol–water partition coefficient (Wildman–Crippen LogP) is 2.97. The summed E-state index contributed by atoms with van der Waals surface area (Å²) in [5.41, 5.74) is -0.503. The molecule has 0 saturated carbocycles. The average molecular weight is 449 g/mol. The van der Waals surface area contributed by atoms with Crippen molar-refractivity contribution in [1.82, 2.24) is 9.21 Å². The van der Waals surface area contributed by atoms with Crippen LogP contribution in [0.15, 0.2) is 45.7 Å². The van der Waals surface area contributed by atoms with Crippen molar-refractivity contribution in [2.24, 2.45) is 0 Å². The van der Waals surface area contributed by atoms with Crippen molar-refractivity contribution >= 4 is 21.9 Å². The highest BCUT2D eigenvalue weighted by Crippen LogP contribution is 2.29. The topological polar surface area (TPSA) is 97.1 Å². The molecule has 1 amide bonds. The minimum atomic E-state index is -3.75. The number of hydrogen-bond acceptors (Lipinski definition) is 6. The lowest BCUT2D eigenvalue weighted by atomic mass is 10.0. The van der Waals surface area contributed by atoms with Gasteiger partial charge in [-0.1, -0.05) is 30.3 Å². The summed E-state index contributed by atoms with van der Waals surface area (Å²) in [4.78, 5) is 27.2. The van der Waals surface area contributed by atoms with E-state index in [-0.39, 0.29) is 23.0 Å². The van der Waals surface area contributed by atoms with Crippen molar-refractivity contribution in [3.8, 4) is 0 Å². The van der Waals surface area contributed by atoms with Gasteiger partial charge in [-0.25, -0.2) is 13.2 Å². The minimum absolute atomic E-state index is 0.0201. The van der Waals surface area contributed by atoms with Crippen LogP contribution in [0.5, 0.6) is 0 Å². The Morgan fingerprint density at radius 3 is 2.35 bits per heavy atom. The van der Waals surface area contributed by atoms with Gasteiger partial charge >= 0.3 is 5.97 Å². The van der Waals surface area contributed by atoms with E-state index in [1.54, 1.807) is 13.8 Å². The predicted molar refractivity (Wildman–Crippen MR) is 114 cm³/mol. The molecule has 0 N–H and O–H groups in total. The molecule has 8 nitrogen and oxygen atoms in total. The molecule has 9 heteroatoms. The zero-order valence-corrected chi connectivity index (χ0v) is 19.1. The van der Waals surface area contributed by atoms with E-state index in [0.29, 0.717) is 13.1 Å². The van der Waals surface area contributed by atoms with Crippen LogP contribution in [0.2, 0.25) is 0 Å². The summed E-state index contributed by atoms with van der Waals surface area (Å²) in [5, 5.41) is 0. The Labute approximate surface area is 182 Å². The van der Waals surface area contributed by atoms with E-state index < -0.39 is 27.4 Å². The van der Waals surface area contributed by atoms with Crippen LogP contribution in [0, 0.1) is 6.92 Å². The molecule has 1 saturated heterocycles. The summed E-state index contributed by atoms with van der Waals surface area (Å²) in [5.74, 6) is -1.18. The molecule has 31 heavy (non-hydrogen) atoms. The molecule has 1 aliphatic heterocycles. The Morgan fingerprint density at radius 2 is 1.77 bits per heavy atom. The Hall–Kier alpha value is -2.65. The number of ether oxygens (including phenoxy) is 1. The van der Waals surface area contributed by atoms with Gasteiger partial charge in [-0.15, -0.1) is 0 Å². The zero-order chi connectivity index (χ0) is 22.8. The number of amides is 1. The molecule has 2 aromatic rings. The van der Waals surface area contributed by atoms with E-state index in [1.807, 2.05) is 30.3 Å². The molecule has 168 valence electrons. The number of methoxy groups -OCH3 is 1. The standard InChI is InChI=1S/C22H28N2O6S/c1-16-19(31(27,28)23-12-8-9-13-23)14-18(30-16)20(25)24(22(2,3)21(26)29-4)15-17-10-6-5-7-11-17/h5-7,10-11,14H,8-9,12-13,15H2,1-4H3. The van der Waals surface area contributed by atoms with E-state index in [0.717, 1.165) is 18.4 Å². The van der Waals surface area contributed by atoms with Crippen LogP contribution in [0.4, 0.5) is 0 Å². The Morgan fingerprint density at radius 1 is 1.16 bits per heavy atom. The lowest BCUT2D eigenvalue weighted by Gasteiger charge is -2.35. The zero-order valence-electron chi connectivity index (χ0n) is 18.3. The maximum absolute atomic E-state index is 13.4. The summed E-state index contributed by atoms with van der Waals surface area (Å²) in [6.45, 7) is 5.70. The highest BCUT2D eigenvalue weighted by molar-refractivity contribution is 7.89. The average Bonchev–Trinajstić information content (AvgIpc) is 3.42. The van der Waals surface area contributed by atoms with E-state index >= 15 is 0 Å². The molecule has 1 aromatic carbocycles. The molecule has 1 aliphatic rings. The SMILES string of the molecule is COC(=O)C(C)(C)N(Cc1ccccc1)C(=O)c1cc(S(=O)(=O)N2CCCC2)c(C)o1. The summed E-state index contributed by atoms with van der Waals surface area (Å²) >= 11 is 0. The quantitative estimate of drug-likeness (QED) is 0.604. The van der Waals surface area contributed by atoms with Crippen LogP contribution in [0.25, 0.3) is 0 Å².